The summed E-state index contributed by atoms with van der Waals surface area (Å²) in [6, 6.07) is 16.9. The Morgan fingerprint density at radius 2 is 0.984 bits per heavy atom. The quantitative estimate of drug-likeness (QED) is 0.0624. The number of hydrogen-bond acceptors (Lipinski definition) is 12. The number of thiophene rings is 4. The molecule has 8 nitrogen and oxygen atoms in total. The zero-order valence-corrected chi connectivity index (χ0v) is 43.5. The molecule has 4 aromatic heterocycles. The van der Waals surface area contributed by atoms with Gasteiger partial charge >= 0.3 is 14.2 Å². The third kappa shape index (κ3) is 13.2. The van der Waals surface area contributed by atoms with Crippen LogP contribution in [0, 0.1) is 0 Å². The highest BCUT2D eigenvalue weighted by Crippen LogP contribution is 2.44. The van der Waals surface area contributed by atoms with E-state index in [1.54, 1.807) is 45.3 Å². The van der Waals surface area contributed by atoms with Gasteiger partial charge in [0.25, 0.3) is 0 Å². The first-order chi connectivity index (χ1) is 29.5. The summed E-state index contributed by atoms with van der Waals surface area (Å²) in [5.74, 6) is -0.285. The van der Waals surface area contributed by atoms with E-state index in [-0.39, 0.29) is 54.8 Å². The van der Waals surface area contributed by atoms with Crippen LogP contribution >= 0.6 is 57.8 Å². The molecule has 4 aromatic rings. The molecular weight excluding hydrogens is 890 g/mol. The van der Waals surface area contributed by atoms with Crippen molar-refractivity contribution < 1.29 is 37.6 Å². The van der Waals surface area contributed by atoms with Crippen LogP contribution < -0.4 is 9.55 Å². The number of hydrogen-bond donors (Lipinski definition) is 0. The molecule has 0 atom stereocenters. The number of carbonyl (C=O) groups is 1. The Morgan fingerprint density at radius 3 is 1.46 bits per heavy atom. The summed E-state index contributed by atoms with van der Waals surface area (Å²) in [6.07, 6.45) is 13.5. The molecule has 348 valence electrons. The molecular formula is C48H71B2ClO8S4. The molecule has 0 amide bonds. The maximum Gasteiger partial charge on any atom is 0.505 e. The molecule has 4 saturated heterocycles. The highest BCUT2D eigenvalue weighted by atomic mass is 35.5. The number of ketones is 1. The van der Waals surface area contributed by atoms with Gasteiger partial charge in [0.1, 0.15) is 0 Å². The molecule has 0 spiro atoms. The van der Waals surface area contributed by atoms with Crippen LogP contribution in [0.2, 0.25) is 0 Å². The molecule has 0 bridgehead atoms. The van der Waals surface area contributed by atoms with Crippen molar-refractivity contribution in [1.82, 2.24) is 0 Å². The number of rotatable bonds is 16. The Morgan fingerprint density at radius 1 is 0.540 bits per heavy atom. The maximum absolute atomic E-state index is 12.4. The van der Waals surface area contributed by atoms with Crippen molar-refractivity contribution in [2.24, 2.45) is 0 Å². The lowest BCUT2D eigenvalue weighted by atomic mass is 9.88. The number of ether oxygens (including phenoxy) is 3. The molecule has 0 unspecified atom stereocenters. The molecule has 4 aliphatic heterocycles. The standard InChI is InChI=1S/C23H33BO4S2.C21H29BO3S2.C4H8O.ClH/c1-6-7-8-9-14-23(25-15-16-26-23)19-12-10-17(29-19)18-11-13-20(30-18)24-27-21(2,3)22(4,5)28-24;1-6-7-8-9-10-15(23)16-11-12-17(26-16)18-13-14-19(27-18)22-24-20(2,3)21(4,5)25-22;1-2-4-5-3-1;/h10-13H,6-9,14-16H2,1-5H3;11-14H,6-10H2,1-5H3;1-4H2;1H. The second-order valence-electron chi connectivity index (χ2n) is 18.7. The van der Waals surface area contributed by atoms with E-state index in [1.165, 1.54) is 59.6 Å². The van der Waals surface area contributed by atoms with Gasteiger partial charge in [-0.2, -0.15) is 0 Å². The van der Waals surface area contributed by atoms with Gasteiger partial charge < -0.3 is 32.8 Å². The molecule has 8 heterocycles. The van der Waals surface area contributed by atoms with Crippen molar-refractivity contribution >= 4 is 87.3 Å². The molecule has 63 heavy (non-hydrogen) atoms. The fourth-order valence-corrected chi connectivity index (χ4v) is 11.7. The van der Waals surface area contributed by atoms with Gasteiger partial charge in [0, 0.05) is 55.1 Å². The van der Waals surface area contributed by atoms with Gasteiger partial charge in [0.05, 0.1) is 45.4 Å². The van der Waals surface area contributed by atoms with Crippen molar-refractivity contribution in [1.29, 1.82) is 0 Å². The molecule has 0 N–H and O–H groups in total. The molecule has 0 aromatic carbocycles. The molecule has 4 fully saturated rings. The average molecular weight is 961 g/mol. The molecule has 0 aliphatic carbocycles. The second kappa shape index (κ2) is 23.1. The Hall–Kier alpha value is -1.39. The van der Waals surface area contributed by atoms with Crippen LogP contribution in [-0.2, 0) is 38.6 Å². The Bertz CT molecular complexity index is 1970. The second-order valence-corrected chi connectivity index (χ2v) is 23.1. The van der Waals surface area contributed by atoms with Gasteiger partial charge in [-0.05, 0) is 117 Å². The molecule has 15 heteroatoms. The fourth-order valence-electron chi connectivity index (χ4n) is 7.43. The van der Waals surface area contributed by atoms with E-state index in [2.05, 4.69) is 112 Å². The van der Waals surface area contributed by atoms with Crippen molar-refractivity contribution in [3.05, 3.63) is 58.3 Å². The third-order valence-electron chi connectivity index (χ3n) is 12.8. The topological polar surface area (TPSA) is 81.7 Å². The Kier molecular flexibility index (Phi) is 19.3. The minimum Gasteiger partial charge on any atom is -0.399 e. The Balaban J connectivity index is 0.000000211. The largest absolute Gasteiger partial charge is 0.505 e. The zero-order chi connectivity index (χ0) is 44.6. The summed E-state index contributed by atoms with van der Waals surface area (Å²) >= 11 is 6.80. The number of Topliss-reactive ketones (excluding diaryl/α,β-unsaturated/α-hetero) is 1. The minimum atomic E-state index is -0.553. The van der Waals surface area contributed by atoms with Crippen LogP contribution in [0.1, 0.15) is 161 Å². The van der Waals surface area contributed by atoms with E-state index in [0.29, 0.717) is 19.6 Å². The van der Waals surface area contributed by atoms with E-state index in [4.69, 9.17) is 32.8 Å². The minimum absolute atomic E-state index is 0. The van der Waals surface area contributed by atoms with Crippen LogP contribution in [0.4, 0.5) is 0 Å². The van der Waals surface area contributed by atoms with Crippen LogP contribution in [-0.4, -0.2) is 68.9 Å². The summed E-state index contributed by atoms with van der Waals surface area (Å²) in [5.41, 5.74) is -1.30. The third-order valence-corrected chi connectivity index (χ3v) is 17.7. The van der Waals surface area contributed by atoms with Crippen LogP contribution in [0.3, 0.4) is 0 Å². The van der Waals surface area contributed by atoms with E-state index >= 15 is 0 Å². The lowest BCUT2D eigenvalue weighted by Gasteiger charge is -2.32. The van der Waals surface area contributed by atoms with Crippen LogP contribution in [0.5, 0.6) is 0 Å². The van der Waals surface area contributed by atoms with Gasteiger partial charge in [-0.25, -0.2) is 0 Å². The van der Waals surface area contributed by atoms with Crippen molar-refractivity contribution in [2.75, 3.05) is 26.4 Å². The van der Waals surface area contributed by atoms with Crippen molar-refractivity contribution in [2.45, 2.75) is 174 Å². The fraction of sp³-hybridized carbons (Fsp3) is 0.646. The van der Waals surface area contributed by atoms with E-state index in [0.717, 1.165) is 63.1 Å². The highest BCUT2D eigenvalue weighted by Gasteiger charge is 2.53. The highest BCUT2D eigenvalue weighted by molar-refractivity contribution is 7.29. The lowest BCUT2D eigenvalue weighted by Crippen LogP contribution is -2.41. The summed E-state index contributed by atoms with van der Waals surface area (Å²) in [6.45, 7) is 24.4. The first-order valence-electron chi connectivity index (χ1n) is 23.0. The predicted octanol–water partition coefficient (Wildman–Crippen LogP) is 13.1. The summed E-state index contributed by atoms with van der Waals surface area (Å²) < 4.78 is 44.1. The lowest BCUT2D eigenvalue weighted by molar-refractivity contribution is -0.169. The van der Waals surface area contributed by atoms with Crippen LogP contribution in [0.25, 0.3) is 19.5 Å². The van der Waals surface area contributed by atoms with E-state index in [9.17, 15) is 4.79 Å². The van der Waals surface area contributed by atoms with E-state index in [1.807, 2.05) is 6.07 Å². The first-order valence-corrected chi connectivity index (χ1v) is 26.3. The van der Waals surface area contributed by atoms with Gasteiger partial charge in [0.15, 0.2) is 5.78 Å². The van der Waals surface area contributed by atoms with Gasteiger partial charge in [-0.15, -0.1) is 57.8 Å². The average Bonchev–Trinajstić information content (AvgIpc) is 4.08. The van der Waals surface area contributed by atoms with E-state index < -0.39 is 5.79 Å². The smallest absolute Gasteiger partial charge is 0.399 e. The van der Waals surface area contributed by atoms with Gasteiger partial charge in [-0.3, -0.25) is 4.79 Å². The summed E-state index contributed by atoms with van der Waals surface area (Å²) in [5, 5.41) is 0. The van der Waals surface area contributed by atoms with Crippen LogP contribution in [0.15, 0.2) is 48.5 Å². The number of unbranched alkanes of at least 4 members (excludes halogenated alkanes) is 6. The van der Waals surface area contributed by atoms with Crippen molar-refractivity contribution in [3.63, 3.8) is 0 Å². The first kappa shape index (κ1) is 52.6. The molecule has 4 aliphatic rings. The summed E-state index contributed by atoms with van der Waals surface area (Å²) in [4.78, 5) is 19.2. The molecule has 0 saturated carbocycles. The van der Waals surface area contributed by atoms with Gasteiger partial charge in [0.2, 0.25) is 5.79 Å². The van der Waals surface area contributed by atoms with Crippen molar-refractivity contribution in [3.8, 4) is 19.5 Å². The number of carbonyl (C=O) groups excluding carboxylic acids is 1. The zero-order valence-electron chi connectivity index (χ0n) is 39.4. The maximum atomic E-state index is 12.4. The van der Waals surface area contributed by atoms with Gasteiger partial charge in [-0.1, -0.05) is 64.5 Å². The SMILES string of the molecule is C1CCOC1.CCCCCCC(=O)c1ccc(-c2ccc(B3OC(C)(C)C(C)(C)O3)s2)s1.CCCCCCC1(c2ccc(-c3ccc(B4OC(C)(C)C(C)(C)O4)s3)s2)OCCO1.Cl. The normalized spacial score (nSPS) is 20.2. The Labute approximate surface area is 401 Å². The summed E-state index contributed by atoms with van der Waals surface area (Å²) in [7, 11) is -0.632. The molecule has 8 rings (SSSR count). The monoisotopic (exact) mass is 960 g/mol. The molecule has 0 radical (unpaired) electrons. The predicted molar refractivity (Wildman–Crippen MR) is 269 cm³/mol. The number of halogens is 1.